The monoisotopic (exact) mass is 840 g/mol. The fourth-order valence-corrected chi connectivity index (χ4v) is 12.5. The molecule has 3 aliphatic carbocycles. The van der Waals surface area contributed by atoms with E-state index >= 15 is 0 Å². The van der Waals surface area contributed by atoms with E-state index in [4.69, 9.17) is 0 Å². The second-order valence-corrected chi connectivity index (χ2v) is 18.7. The molecule has 2 nitrogen and oxygen atoms in total. The van der Waals surface area contributed by atoms with Crippen LogP contribution in [0.3, 0.4) is 0 Å². The van der Waals surface area contributed by atoms with Gasteiger partial charge in [0.2, 0.25) is 0 Å². The van der Waals surface area contributed by atoms with Gasteiger partial charge in [-0.1, -0.05) is 202 Å². The standard InChI is InChI=1S/C64H44N2/c1-63(2)51-28-10-6-26-49(51)62-48(27-19-32-56(62)63)47-25-9-14-33-57(47)65(60-36-17-18-37-61(60)66-58-34-15-7-23-45(58)46-24-8-16-35-59(46)66)41-38-39-55-50(40-41)44-22-5-13-31-54(44)64(55)52-29-11-3-20-42(52)43-21-4-12-30-53(43)64/h3-40H,1-2H3. The van der Waals surface area contributed by atoms with Crippen LogP contribution in [-0.2, 0) is 10.8 Å². The van der Waals surface area contributed by atoms with Gasteiger partial charge in [0.1, 0.15) is 0 Å². The van der Waals surface area contributed by atoms with Gasteiger partial charge in [-0.25, -0.2) is 0 Å². The number of fused-ring (bicyclic) bond motifs is 16. The second kappa shape index (κ2) is 13.7. The molecule has 0 saturated carbocycles. The van der Waals surface area contributed by atoms with Crippen LogP contribution < -0.4 is 4.90 Å². The Bertz CT molecular complexity index is 3730. The summed E-state index contributed by atoms with van der Waals surface area (Å²) in [6, 6.07) is 86.3. The van der Waals surface area contributed by atoms with Gasteiger partial charge in [-0.05, 0) is 115 Å². The third-order valence-electron chi connectivity index (χ3n) is 15.2. The van der Waals surface area contributed by atoms with Crippen molar-refractivity contribution in [1.29, 1.82) is 0 Å². The van der Waals surface area contributed by atoms with E-state index in [1.807, 2.05) is 0 Å². The highest BCUT2D eigenvalue weighted by atomic mass is 15.2. The lowest BCUT2D eigenvalue weighted by Crippen LogP contribution is -2.25. The van der Waals surface area contributed by atoms with Gasteiger partial charge in [0.15, 0.2) is 0 Å². The zero-order valence-corrected chi connectivity index (χ0v) is 36.8. The summed E-state index contributed by atoms with van der Waals surface area (Å²) in [4.78, 5) is 2.55. The molecule has 14 rings (SSSR count). The Morgan fingerprint density at radius 1 is 0.333 bits per heavy atom. The quantitative estimate of drug-likeness (QED) is 0.168. The number of hydrogen-bond acceptors (Lipinski definition) is 1. The molecule has 11 aromatic rings. The number of hydrogen-bond donors (Lipinski definition) is 0. The van der Waals surface area contributed by atoms with E-state index in [2.05, 4.69) is 254 Å². The van der Waals surface area contributed by atoms with Gasteiger partial charge in [-0.3, -0.25) is 0 Å². The maximum absolute atomic E-state index is 2.55. The number of anilines is 3. The molecule has 0 bridgehead atoms. The lowest BCUT2D eigenvalue weighted by Gasteiger charge is -2.32. The summed E-state index contributed by atoms with van der Waals surface area (Å²) in [6.45, 7) is 4.75. The average molecular weight is 841 g/mol. The highest BCUT2D eigenvalue weighted by Crippen LogP contribution is 2.63. The summed E-state index contributed by atoms with van der Waals surface area (Å²) in [6.07, 6.45) is 0. The molecule has 310 valence electrons. The van der Waals surface area contributed by atoms with Crippen LogP contribution in [0.4, 0.5) is 17.1 Å². The van der Waals surface area contributed by atoms with Gasteiger partial charge in [-0.15, -0.1) is 0 Å². The molecule has 66 heavy (non-hydrogen) atoms. The zero-order chi connectivity index (χ0) is 43.7. The highest BCUT2D eigenvalue weighted by molar-refractivity contribution is 6.10. The van der Waals surface area contributed by atoms with Crippen LogP contribution in [-0.4, -0.2) is 4.57 Å². The summed E-state index contributed by atoms with van der Waals surface area (Å²) in [5.41, 5.74) is 24.6. The first-order valence-electron chi connectivity index (χ1n) is 23.2. The Morgan fingerprint density at radius 2 is 0.788 bits per heavy atom. The zero-order valence-electron chi connectivity index (χ0n) is 36.8. The summed E-state index contributed by atoms with van der Waals surface area (Å²) >= 11 is 0. The van der Waals surface area contributed by atoms with Crippen molar-refractivity contribution in [3.63, 3.8) is 0 Å². The van der Waals surface area contributed by atoms with E-state index in [9.17, 15) is 0 Å². The third kappa shape index (κ3) is 4.80. The van der Waals surface area contributed by atoms with Crippen LogP contribution in [0.1, 0.15) is 47.2 Å². The molecule has 2 heteroatoms. The van der Waals surface area contributed by atoms with Crippen LogP contribution >= 0.6 is 0 Å². The Kier molecular flexibility index (Phi) is 7.70. The molecule has 0 N–H and O–H groups in total. The normalized spacial score (nSPS) is 14.2. The maximum atomic E-state index is 2.55. The molecule has 0 saturated heterocycles. The van der Waals surface area contributed by atoms with Crippen molar-refractivity contribution in [2.75, 3.05) is 4.90 Å². The van der Waals surface area contributed by atoms with E-state index in [1.165, 1.54) is 99.7 Å². The first-order valence-corrected chi connectivity index (χ1v) is 23.2. The van der Waals surface area contributed by atoms with Crippen molar-refractivity contribution in [2.45, 2.75) is 24.7 Å². The number of para-hydroxylation sites is 5. The van der Waals surface area contributed by atoms with Crippen molar-refractivity contribution in [2.24, 2.45) is 0 Å². The van der Waals surface area contributed by atoms with Crippen molar-refractivity contribution < 1.29 is 0 Å². The summed E-state index contributed by atoms with van der Waals surface area (Å²) < 4.78 is 2.47. The van der Waals surface area contributed by atoms with Gasteiger partial charge in [-0.2, -0.15) is 0 Å². The summed E-state index contributed by atoms with van der Waals surface area (Å²) in [7, 11) is 0. The molecule has 0 radical (unpaired) electrons. The number of rotatable bonds is 5. The molecule has 1 heterocycles. The molecule has 10 aromatic carbocycles. The number of aromatic nitrogens is 1. The molecule has 0 fully saturated rings. The maximum Gasteiger partial charge on any atom is 0.0725 e. The van der Waals surface area contributed by atoms with Crippen molar-refractivity contribution in [3.8, 4) is 50.2 Å². The fraction of sp³-hybridized carbons (Fsp3) is 0.0625. The van der Waals surface area contributed by atoms with Gasteiger partial charge in [0, 0.05) is 27.4 Å². The molecule has 0 unspecified atom stereocenters. The SMILES string of the molecule is CC1(C)c2ccccc2-c2c(-c3ccccc3N(c3ccc4c(c3)-c3ccccc3C43c4ccccc4-c4ccccc43)c3ccccc3-n3c4ccccc4c4ccccc43)cccc21. The molecule has 1 spiro atoms. The van der Waals surface area contributed by atoms with Crippen LogP contribution in [0.25, 0.3) is 72.0 Å². The first kappa shape index (κ1) is 37.2. The predicted molar refractivity (Wildman–Crippen MR) is 275 cm³/mol. The Hall–Kier alpha value is -8.20. The molecular weight excluding hydrogens is 797 g/mol. The smallest absolute Gasteiger partial charge is 0.0725 e. The average Bonchev–Trinajstić information content (AvgIpc) is 4.05. The van der Waals surface area contributed by atoms with E-state index in [1.54, 1.807) is 0 Å². The van der Waals surface area contributed by atoms with Crippen LogP contribution in [0.5, 0.6) is 0 Å². The number of benzene rings is 10. The van der Waals surface area contributed by atoms with Crippen molar-refractivity contribution in [1.82, 2.24) is 4.57 Å². The minimum Gasteiger partial charge on any atom is -0.308 e. The molecule has 0 atom stereocenters. The Morgan fingerprint density at radius 3 is 1.44 bits per heavy atom. The van der Waals surface area contributed by atoms with Gasteiger partial charge < -0.3 is 9.47 Å². The lowest BCUT2D eigenvalue weighted by molar-refractivity contribution is 0.660. The van der Waals surface area contributed by atoms with E-state index in [0.29, 0.717) is 0 Å². The van der Waals surface area contributed by atoms with Crippen LogP contribution in [0, 0.1) is 0 Å². The second-order valence-electron chi connectivity index (χ2n) is 18.7. The van der Waals surface area contributed by atoms with Gasteiger partial charge in [0.05, 0.1) is 33.5 Å². The molecule has 3 aliphatic rings. The van der Waals surface area contributed by atoms with E-state index in [-0.39, 0.29) is 5.41 Å². The molecular formula is C64H44N2. The van der Waals surface area contributed by atoms with Crippen LogP contribution in [0.2, 0.25) is 0 Å². The first-order chi connectivity index (χ1) is 32.5. The summed E-state index contributed by atoms with van der Waals surface area (Å²) in [5.74, 6) is 0. The Labute approximate surface area is 385 Å². The molecule has 0 aliphatic heterocycles. The largest absolute Gasteiger partial charge is 0.308 e. The summed E-state index contributed by atoms with van der Waals surface area (Å²) in [5, 5.41) is 2.49. The highest BCUT2D eigenvalue weighted by Gasteiger charge is 2.51. The van der Waals surface area contributed by atoms with Crippen molar-refractivity contribution in [3.05, 3.63) is 264 Å². The predicted octanol–water partition coefficient (Wildman–Crippen LogP) is 16.6. The van der Waals surface area contributed by atoms with Crippen molar-refractivity contribution >= 4 is 38.9 Å². The van der Waals surface area contributed by atoms with E-state index in [0.717, 1.165) is 22.7 Å². The topological polar surface area (TPSA) is 8.17 Å². The minimum atomic E-state index is -0.425. The van der Waals surface area contributed by atoms with Gasteiger partial charge in [0.25, 0.3) is 0 Å². The third-order valence-corrected chi connectivity index (χ3v) is 15.2. The minimum absolute atomic E-state index is 0.124. The number of nitrogens with zero attached hydrogens (tertiary/aromatic N) is 2. The lowest BCUT2D eigenvalue weighted by atomic mass is 9.70. The fourth-order valence-electron chi connectivity index (χ4n) is 12.5. The Balaban J connectivity index is 1.07. The van der Waals surface area contributed by atoms with E-state index < -0.39 is 5.41 Å². The molecule has 0 amide bonds. The molecule has 1 aromatic heterocycles. The van der Waals surface area contributed by atoms with Crippen LogP contribution in [0.15, 0.2) is 231 Å². The van der Waals surface area contributed by atoms with Gasteiger partial charge >= 0.3 is 0 Å².